The molecule has 3 nitrogen and oxygen atoms in total. The molecule has 1 aromatic rings. The second kappa shape index (κ2) is 5.72. The molecule has 0 spiro atoms. The summed E-state index contributed by atoms with van der Waals surface area (Å²) >= 11 is 0. The molecule has 4 heteroatoms. The van der Waals surface area contributed by atoms with Crippen LogP contribution in [-0.4, -0.2) is 25.0 Å². The molecular weight excluding hydrogens is 248 g/mol. The average Bonchev–Trinajstić information content (AvgIpc) is 2.81. The number of nitrogens with one attached hydrogen (secondary N) is 2. The minimum atomic E-state index is 0. The molecule has 2 aliphatic rings. The highest BCUT2D eigenvalue weighted by Gasteiger charge is 2.31. The number of amides is 1. The number of hydrogen-bond donors (Lipinski definition) is 2. The average molecular weight is 267 g/mol. The number of carbonyl (C=O) groups excluding carboxylic acids is 1. The van der Waals surface area contributed by atoms with Crippen LogP contribution in [-0.2, 0) is 11.2 Å². The van der Waals surface area contributed by atoms with Gasteiger partial charge in [-0.25, -0.2) is 0 Å². The quantitative estimate of drug-likeness (QED) is 0.873. The summed E-state index contributed by atoms with van der Waals surface area (Å²) < 4.78 is 0. The first-order valence-corrected chi connectivity index (χ1v) is 6.43. The van der Waals surface area contributed by atoms with Crippen LogP contribution < -0.4 is 10.6 Å². The molecule has 2 atom stereocenters. The zero-order chi connectivity index (χ0) is 11.7. The Kier molecular flexibility index (Phi) is 4.25. The number of rotatable bonds is 3. The Morgan fingerprint density at radius 2 is 2.22 bits per heavy atom. The second-order valence-electron chi connectivity index (χ2n) is 4.99. The lowest BCUT2D eigenvalue weighted by Crippen LogP contribution is -2.41. The summed E-state index contributed by atoms with van der Waals surface area (Å²) in [4.78, 5) is 12.0. The van der Waals surface area contributed by atoms with Gasteiger partial charge in [0, 0.05) is 12.6 Å². The van der Waals surface area contributed by atoms with E-state index >= 15 is 0 Å². The Bertz CT molecular complexity index is 430. The van der Waals surface area contributed by atoms with E-state index in [4.69, 9.17) is 0 Å². The van der Waals surface area contributed by atoms with Crippen LogP contribution in [0.25, 0.3) is 0 Å². The standard InChI is InChI=1S/C14H18N2O.ClH/c17-14(16-9-11-5-3-7-15-11)13-8-10-4-1-2-6-12(10)13;/h1-2,4,6,11,13,15H,3,5,7-9H2,(H,16,17);1H. The lowest BCUT2D eigenvalue weighted by Gasteiger charge is -2.29. The highest BCUT2D eigenvalue weighted by Crippen LogP contribution is 2.34. The summed E-state index contributed by atoms with van der Waals surface area (Å²) in [5, 5.41) is 6.46. The summed E-state index contributed by atoms with van der Waals surface area (Å²) in [6, 6.07) is 8.70. The van der Waals surface area contributed by atoms with Gasteiger partial charge in [-0.2, -0.15) is 0 Å². The molecule has 1 aliphatic heterocycles. The summed E-state index contributed by atoms with van der Waals surface area (Å²) in [7, 11) is 0. The van der Waals surface area contributed by atoms with Crippen LogP contribution in [0.1, 0.15) is 29.9 Å². The topological polar surface area (TPSA) is 41.1 Å². The van der Waals surface area contributed by atoms with Crippen molar-refractivity contribution in [1.29, 1.82) is 0 Å². The third kappa shape index (κ3) is 2.52. The van der Waals surface area contributed by atoms with Crippen LogP contribution in [0.5, 0.6) is 0 Å². The Morgan fingerprint density at radius 1 is 1.39 bits per heavy atom. The van der Waals surface area contributed by atoms with Crippen molar-refractivity contribution in [2.24, 2.45) is 0 Å². The molecule has 1 amide bonds. The van der Waals surface area contributed by atoms with Crippen molar-refractivity contribution in [2.45, 2.75) is 31.2 Å². The second-order valence-corrected chi connectivity index (χ2v) is 4.99. The monoisotopic (exact) mass is 266 g/mol. The molecule has 2 unspecified atom stereocenters. The largest absolute Gasteiger partial charge is 0.354 e. The molecule has 0 radical (unpaired) electrons. The van der Waals surface area contributed by atoms with Gasteiger partial charge in [-0.1, -0.05) is 24.3 Å². The van der Waals surface area contributed by atoms with E-state index in [-0.39, 0.29) is 24.2 Å². The fourth-order valence-electron chi connectivity index (χ4n) is 2.77. The molecule has 0 saturated carbocycles. The molecule has 0 bridgehead atoms. The number of carbonyl (C=O) groups is 1. The van der Waals surface area contributed by atoms with E-state index in [1.165, 1.54) is 24.0 Å². The summed E-state index contributed by atoms with van der Waals surface area (Å²) in [6.07, 6.45) is 3.31. The lowest BCUT2D eigenvalue weighted by molar-refractivity contribution is -0.123. The lowest BCUT2D eigenvalue weighted by atomic mass is 9.77. The van der Waals surface area contributed by atoms with E-state index in [1.54, 1.807) is 0 Å². The predicted octanol–water partition coefficient (Wildman–Crippen LogP) is 1.62. The van der Waals surface area contributed by atoms with Crippen LogP contribution in [0.2, 0.25) is 0 Å². The highest BCUT2D eigenvalue weighted by atomic mass is 35.5. The smallest absolute Gasteiger partial charge is 0.227 e. The van der Waals surface area contributed by atoms with Gasteiger partial charge in [0.05, 0.1) is 5.92 Å². The van der Waals surface area contributed by atoms with E-state index < -0.39 is 0 Å². The van der Waals surface area contributed by atoms with Gasteiger partial charge in [-0.3, -0.25) is 4.79 Å². The predicted molar refractivity (Wildman–Crippen MR) is 74.2 cm³/mol. The van der Waals surface area contributed by atoms with Crippen molar-refractivity contribution in [2.75, 3.05) is 13.1 Å². The molecule has 1 saturated heterocycles. The van der Waals surface area contributed by atoms with Gasteiger partial charge >= 0.3 is 0 Å². The van der Waals surface area contributed by atoms with E-state index in [2.05, 4.69) is 22.8 Å². The van der Waals surface area contributed by atoms with Gasteiger partial charge in [0.25, 0.3) is 0 Å². The fourth-order valence-corrected chi connectivity index (χ4v) is 2.77. The van der Waals surface area contributed by atoms with Crippen LogP contribution in [0.4, 0.5) is 0 Å². The van der Waals surface area contributed by atoms with E-state index in [0.717, 1.165) is 19.5 Å². The third-order valence-corrected chi connectivity index (χ3v) is 3.86. The van der Waals surface area contributed by atoms with Crippen molar-refractivity contribution in [3.63, 3.8) is 0 Å². The zero-order valence-electron chi connectivity index (χ0n) is 10.3. The van der Waals surface area contributed by atoms with Crippen molar-refractivity contribution in [3.05, 3.63) is 35.4 Å². The van der Waals surface area contributed by atoms with Gasteiger partial charge in [-0.15, -0.1) is 12.4 Å². The molecule has 18 heavy (non-hydrogen) atoms. The third-order valence-electron chi connectivity index (χ3n) is 3.86. The fraction of sp³-hybridized carbons (Fsp3) is 0.500. The molecular formula is C14H19ClN2O. The van der Waals surface area contributed by atoms with Gasteiger partial charge < -0.3 is 10.6 Å². The first kappa shape index (κ1) is 13.4. The maximum Gasteiger partial charge on any atom is 0.227 e. The normalized spacial score (nSPS) is 24.7. The van der Waals surface area contributed by atoms with Crippen LogP contribution in [0, 0.1) is 0 Å². The SMILES string of the molecule is Cl.O=C(NCC1CCCN1)C1Cc2ccccc21. The number of benzene rings is 1. The van der Waals surface area contributed by atoms with E-state index in [1.807, 2.05) is 12.1 Å². The van der Waals surface area contributed by atoms with Crippen molar-refractivity contribution in [1.82, 2.24) is 10.6 Å². The summed E-state index contributed by atoms with van der Waals surface area (Å²) in [5.41, 5.74) is 2.54. The highest BCUT2D eigenvalue weighted by molar-refractivity contribution is 5.86. The van der Waals surface area contributed by atoms with Gasteiger partial charge in [-0.05, 0) is 36.9 Å². The van der Waals surface area contributed by atoms with Crippen molar-refractivity contribution >= 4 is 18.3 Å². The van der Waals surface area contributed by atoms with Gasteiger partial charge in [0.1, 0.15) is 0 Å². The van der Waals surface area contributed by atoms with Crippen molar-refractivity contribution < 1.29 is 4.79 Å². The van der Waals surface area contributed by atoms with Gasteiger partial charge in [0.15, 0.2) is 0 Å². The van der Waals surface area contributed by atoms with Crippen LogP contribution >= 0.6 is 12.4 Å². The zero-order valence-corrected chi connectivity index (χ0v) is 11.1. The molecule has 1 fully saturated rings. The minimum Gasteiger partial charge on any atom is -0.354 e. The molecule has 1 aliphatic carbocycles. The van der Waals surface area contributed by atoms with E-state index in [9.17, 15) is 4.79 Å². The Hall–Kier alpha value is -1.06. The van der Waals surface area contributed by atoms with Crippen LogP contribution in [0.15, 0.2) is 24.3 Å². The maximum absolute atomic E-state index is 12.0. The molecule has 2 N–H and O–H groups in total. The molecule has 98 valence electrons. The summed E-state index contributed by atoms with van der Waals surface area (Å²) in [5.74, 6) is 0.282. The Morgan fingerprint density at radius 3 is 2.94 bits per heavy atom. The first-order chi connectivity index (χ1) is 8.34. The molecule has 1 heterocycles. The van der Waals surface area contributed by atoms with E-state index in [0.29, 0.717) is 6.04 Å². The number of fused-ring (bicyclic) bond motifs is 1. The van der Waals surface area contributed by atoms with Crippen LogP contribution in [0.3, 0.4) is 0 Å². The Labute approximate surface area is 114 Å². The summed E-state index contributed by atoms with van der Waals surface area (Å²) in [6.45, 7) is 1.87. The number of halogens is 1. The molecule has 0 aromatic heterocycles. The van der Waals surface area contributed by atoms with Crippen molar-refractivity contribution in [3.8, 4) is 0 Å². The Balaban J connectivity index is 0.00000120. The molecule has 3 rings (SSSR count). The number of hydrogen-bond acceptors (Lipinski definition) is 2. The minimum absolute atomic E-state index is 0. The maximum atomic E-state index is 12.0. The molecule has 1 aromatic carbocycles. The first-order valence-electron chi connectivity index (χ1n) is 6.43. The van der Waals surface area contributed by atoms with Gasteiger partial charge in [0.2, 0.25) is 5.91 Å².